The van der Waals surface area contributed by atoms with E-state index in [9.17, 15) is 13.0 Å². The van der Waals surface area contributed by atoms with E-state index in [1.165, 1.54) is 4.31 Å². The van der Waals surface area contributed by atoms with Crippen molar-refractivity contribution in [3.05, 3.63) is 125 Å². The minimum Gasteiger partial charge on any atom is -0.598 e. The lowest BCUT2D eigenvalue weighted by Crippen LogP contribution is -2.52. The van der Waals surface area contributed by atoms with Crippen LogP contribution in [0.25, 0.3) is 0 Å². The van der Waals surface area contributed by atoms with E-state index in [2.05, 4.69) is 16.2 Å². The van der Waals surface area contributed by atoms with Crippen molar-refractivity contribution < 1.29 is 27.2 Å². The van der Waals surface area contributed by atoms with Crippen LogP contribution in [0.15, 0.2) is 102 Å². The predicted octanol–water partition coefficient (Wildman–Crippen LogP) is 9.10. The molecule has 306 valence electrons. The highest BCUT2D eigenvalue weighted by atomic mass is 35.5. The van der Waals surface area contributed by atoms with Crippen LogP contribution >= 0.6 is 11.6 Å². The van der Waals surface area contributed by atoms with Gasteiger partial charge in [-0.3, -0.25) is 0 Å². The summed E-state index contributed by atoms with van der Waals surface area (Å²) < 4.78 is 64.8. The van der Waals surface area contributed by atoms with Gasteiger partial charge in [0.1, 0.15) is 28.6 Å². The number of nitrogens with zero attached hydrogens (tertiary/aromatic N) is 2. The van der Waals surface area contributed by atoms with E-state index >= 15 is 0 Å². The zero-order chi connectivity index (χ0) is 40.7. The van der Waals surface area contributed by atoms with Crippen molar-refractivity contribution >= 4 is 38.7 Å². The number of hydrogen-bond donors (Lipinski definition) is 1. The van der Waals surface area contributed by atoms with Gasteiger partial charge in [-0.2, -0.15) is 4.31 Å². The molecule has 1 aliphatic heterocycles. The van der Waals surface area contributed by atoms with Crippen molar-refractivity contribution in [1.29, 1.82) is 0 Å². The molecule has 0 bridgehead atoms. The molecule has 1 unspecified atom stereocenters. The Kier molecular flexibility index (Phi) is 14.2. The zero-order valence-corrected chi connectivity index (χ0v) is 36.1. The van der Waals surface area contributed by atoms with Gasteiger partial charge in [-0.25, -0.2) is 8.42 Å². The number of ether oxygens (including phenoxy) is 3. The molecule has 4 atom stereocenters. The molecule has 6 rings (SSSR count). The smallest absolute Gasteiger partial charge is 0.243 e. The topological polar surface area (TPSA) is 103 Å². The minimum absolute atomic E-state index is 0.112. The Balaban J connectivity index is 1.37. The van der Waals surface area contributed by atoms with E-state index in [1.54, 1.807) is 32.4 Å². The van der Waals surface area contributed by atoms with E-state index in [0.29, 0.717) is 42.0 Å². The number of sulfonamides is 1. The first-order valence-electron chi connectivity index (χ1n) is 19.6. The maximum atomic E-state index is 14.9. The van der Waals surface area contributed by atoms with Gasteiger partial charge >= 0.3 is 0 Å². The first kappa shape index (κ1) is 42.9. The Bertz CT molecular complexity index is 2020. The molecule has 4 aromatic carbocycles. The molecule has 57 heavy (non-hydrogen) atoms. The summed E-state index contributed by atoms with van der Waals surface area (Å²) in [5, 5.41) is 0.697. The fourth-order valence-corrected chi connectivity index (χ4v) is 10.0. The monoisotopic (exact) mass is 833 g/mol. The lowest BCUT2D eigenvalue weighted by molar-refractivity contribution is 0.157. The molecule has 2 aliphatic rings. The highest BCUT2D eigenvalue weighted by Gasteiger charge is 2.41. The minimum atomic E-state index is -4.04. The number of halogens is 1. The lowest BCUT2D eigenvalue weighted by Gasteiger charge is -2.44. The Labute approximate surface area is 347 Å². The van der Waals surface area contributed by atoms with Crippen molar-refractivity contribution in [3.63, 3.8) is 0 Å². The number of nitrogens with one attached hydrogen (secondary N) is 1. The third kappa shape index (κ3) is 10.7. The summed E-state index contributed by atoms with van der Waals surface area (Å²) in [5.41, 5.74) is 4.64. The standard InChI is InChI=1S/C45H56ClN3O6S2/c1-7-42(47-56(50)45(2,3)4)41-23-16-35(41)30-48-25-9-8-10-34-26-37(46)17-15-36(34)31-55-44-24-22-40(27-43(44)48)57(51,52)49(28-32-11-18-38(53-5)19-12-32)29-33-13-20-39(54-6)21-14-33/h7,11-15,17-22,24,26-27,35,41-42,47H,1,8-10,16,23,25,28-31H2,2-6H3/t35-,41+,42-,56?/m0/s1. The van der Waals surface area contributed by atoms with E-state index in [-0.39, 0.29) is 35.9 Å². The number of aryl methyl sites for hydroxylation is 1. The van der Waals surface area contributed by atoms with Crippen LogP contribution in [0.5, 0.6) is 17.2 Å². The van der Waals surface area contributed by atoms with E-state index in [4.69, 9.17) is 25.8 Å². The van der Waals surface area contributed by atoms with E-state index in [1.807, 2.05) is 93.6 Å². The van der Waals surface area contributed by atoms with Crippen LogP contribution in [0.2, 0.25) is 5.02 Å². The first-order valence-corrected chi connectivity index (χ1v) is 22.6. The van der Waals surface area contributed by atoms with Gasteiger partial charge in [0.2, 0.25) is 10.0 Å². The predicted molar refractivity (Wildman–Crippen MR) is 231 cm³/mol. The van der Waals surface area contributed by atoms with Crippen LogP contribution in [0.4, 0.5) is 5.69 Å². The molecule has 9 nitrogen and oxygen atoms in total. The van der Waals surface area contributed by atoms with Gasteiger partial charge in [-0.05, 0) is 142 Å². The number of hydrogen-bond acceptors (Lipinski definition) is 8. The third-order valence-corrected chi connectivity index (χ3v) is 14.7. The van der Waals surface area contributed by atoms with Gasteiger partial charge in [0, 0.05) is 42.6 Å². The number of benzene rings is 4. The Morgan fingerprint density at radius 2 is 1.60 bits per heavy atom. The van der Waals surface area contributed by atoms with Crippen LogP contribution < -0.4 is 23.8 Å². The number of rotatable bonds is 14. The summed E-state index contributed by atoms with van der Waals surface area (Å²) >= 11 is 5.18. The van der Waals surface area contributed by atoms with Crippen LogP contribution in [0, 0.1) is 11.8 Å². The first-order chi connectivity index (χ1) is 27.3. The average Bonchev–Trinajstić information content (AvgIpc) is 3.22. The molecule has 1 N–H and O–H groups in total. The SMILES string of the molecule is C=C[C@H](N[S+]([O-])C(C)(C)C)[C@@H]1CC[C@H]1CN1CCCCc2cc(Cl)ccc2COc2ccc(S(=O)(=O)N(Cc3ccc(OC)cc3)Cc3ccc(OC)cc3)cc21. The average molecular weight is 835 g/mol. The number of methoxy groups -OCH3 is 2. The summed E-state index contributed by atoms with van der Waals surface area (Å²) in [6.45, 7) is 12.1. The second-order valence-electron chi connectivity index (χ2n) is 16.0. The fourth-order valence-electron chi connectivity index (χ4n) is 7.51. The summed E-state index contributed by atoms with van der Waals surface area (Å²) in [6.07, 6.45) is 6.57. The lowest BCUT2D eigenvalue weighted by atomic mass is 9.69. The second kappa shape index (κ2) is 18.9. The van der Waals surface area contributed by atoms with Gasteiger partial charge in [0.05, 0.1) is 30.8 Å². The van der Waals surface area contributed by atoms with Gasteiger partial charge in [0.25, 0.3) is 0 Å². The zero-order valence-electron chi connectivity index (χ0n) is 33.7. The molecule has 4 aromatic rings. The second-order valence-corrected chi connectivity index (χ2v) is 20.3. The van der Waals surface area contributed by atoms with Crippen molar-refractivity contribution in [2.75, 3.05) is 32.2 Å². The molecule has 1 heterocycles. The van der Waals surface area contributed by atoms with Crippen LogP contribution in [-0.4, -0.2) is 55.4 Å². The molecule has 1 aliphatic carbocycles. The maximum absolute atomic E-state index is 14.9. The highest BCUT2D eigenvalue weighted by molar-refractivity contribution is 7.90. The molecule has 0 amide bonds. The van der Waals surface area contributed by atoms with Crippen molar-refractivity contribution in [2.45, 2.75) is 88.3 Å². The molecule has 0 saturated heterocycles. The Morgan fingerprint density at radius 3 is 2.16 bits per heavy atom. The molecular formula is C45H56ClN3O6S2. The van der Waals surface area contributed by atoms with Gasteiger partial charge in [-0.1, -0.05) is 48.0 Å². The summed E-state index contributed by atoms with van der Waals surface area (Å²) in [6, 6.07) is 26.0. The van der Waals surface area contributed by atoms with Gasteiger partial charge < -0.3 is 23.7 Å². The maximum Gasteiger partial charge on any atom is 0.243 e. The molecule has 1 saturated carbocycles. The third-order valence-electron chi connectivity index (χ3n) is 11.1. The van der Waals surface area contributed by atoms with E-state index in [0.717, 1.165) is 60.0 Å². The van der Waals surface area contributed by atoms with Gasteiger partial charge in [0.15, 0.2) is 0 Å². The van der Waals surface area contributed by atoms with Gasteiger partial charge in [-0.15, -0.1) is 11.3 Å². The largest absolute Gasteiger partial charge is 0.598 e. The quantitative estimate of drug-likeness (QED) is 0.0992. The van der Waals surface area contributed by atoms with Crippen LogP contribution in [0.1, 0.15) is 68.7 Å². The van der Waals surface area contributed by atoms with Crippen molar-refractivity contribution in [2.24, 2.45) is 11.8 Å². The Hall–Kier alpha value is -3.71. The Morgan fingerprint density at radius 1 is 0.947 bits per heavy atom. The molecule has 0 aromatic heterocycles. The van der Waals surface area contributed by atoms with Crippen LogP contribution in [-0.2, 0) is 47.5 Å². The molecule has 1 fully saturated rings. The van der Waals surface area contributed by atoms with Crippen LogP contribution in [0.3, 0.4) is 0 Å². The molecular weight excluding hydrogens is 778 g/mol. The summed E-state index contributed by atoms with van der Waals surface area (Å²) in [5.74, 6) is 2.53. The molecule has 0 radical (unpaired) electrons. The number of fused-ring (bicyclic) bond motifs is 2. The van der Waals surface area contributed by atoms with Crippen molar-refractivity contribution in [1.82, 2.24) is 9.03 Å². The van der Waals surface area contributed by atoms with E-state index < -0.39 is 26.1 Å². The summed E-state index contributed by atoms with van der Waals surface area (Å²) in [4.78, 5) is 2.50. The normalized spacial score (nSPS) is 18.6. The molecule has 12 heteroatoms. The number of anilines is 1. The van der Waals surface area contributed by atoms with Crippen molar-refractivity contribution in [3.8, 4) is 17.2 Å². The highest BCUT2D eigenvalue weighted by Crippen LogP contribution is 2.42. The summed E-state index contributed by atoms with van der Waals surface area (Å²) in [7, 11) is -0.825. The molecule has 0 spiro atoms. The fraction of sp³-hybridized carbons (Fsp3) is 0.422.